The van der Waals surface area contributed by atoms with E-state index in [9.17, 15) is 9.18 Å². The molecule has 1 N–H and O–H groups in total. The van der Waals surface area contributed by atoms with Crippen molar-refractivity contribution in [3.63, 3.8) is 0 Å². The Labute approximate surface area is 180 Å². The molecule has 2 aromatic heterocycles. The van der Waals surface area contributed by atoms with Crippen molar-refractivity contribution in [2.75, 3.05) is 11.1 Å². The highest BCUT2D eigenvalue weighted by molar-refractivity contribution is 7.99. The fraction of sp³-hybridized carbons (Fsp3) is 0.0952. The number of rotatable bonds is 7. The average molecular weight is 443 g/mol. The lowest BCUT2D eigenvalue weighted by Gasteiger charge is -2.07. The summed E-state index contributed by atoms with van der Waals surface area (Å²) in [5.41, 5.74) is 1.08. The standard InChI is InChI=1S/C21H16ClFN4O2S/c1-2-8-27-20(18-10-13-9-14(22)6-7-17(13)29-18)25-26-21(27)30-12-19(28)24-16-5-3-4-15(23)11-16/h2-7,9-11H,1,8,12H2,(H,24,28). The molecule has 0 radical (unpaired) electrons. The number of nitrogens with zero attached hydrogens (tertiary/aromatic N) is 3. The van der Waals surface area contributed by atoms with Crippen molar-refractivity contribution in [2.45, 2.75) is 11.7 Å². The number of halogens is 2. The molecule has 30 heavy (non-hydrogen) atoms. The summed E-state index contributed by atoms with van der Waals surface area (Å²) in [7, 11) is 0. The molecule has 0 bridgehead atoms. The summed E-state index contributed by atoms with van der Waals surface area (Å²) in [6, 6.07) is 12.9. The molecule has 0 fully saturated rings. The zero-order valence-electron chi connectivity index (χ0n) is 15.6. The van der Waals surface area contributed by atoms with Gasteiger partial charge in [0.15, 0.2) is 10.9 Å². The normalized spacial score (nSPS) is 11.0. The lowest BCUT2D eigenvalue weighted by Crippen LogP contribution is -2.14. The number of carbonyl (C=O) groups excluding carboxylic acids is 1. The Morgan fingerprint density at radius 3 is 2.93 bits per heavy atom. The molecule has 2 heterocycles. The van der Waals surface area contributed by atoms with E-state index in [-0.39, 0.29) is 11.7 Å². The molecule has 6 nitrogen and oxygen atoms in total. The predicted octanol–water partition coefficient (Wildman–Crippen LogP) is 5.40. The summed E-state index contributed by atoms with van der Waals surface area (Å²) < 4.78 is 21.0. The van der Waals surface area contributed by atoms with E-state index in [1.54, 1.807) is 24.3 Å². The molecule has 2 aromatic carbocycles. The first-order valence-corrected chi connectivity index (χ1v) is 10.3. The smallest absolute Gasteiger partial charge is 0.234 e. The Morgan fingerprint density at radius 2 is 2.13 bits per heavy atom. The fourth-order valence-electron chi connectivity index (χ4n) is 2.89. The third kappa shape index (κ3) is 4.39. The number of nitrogens with one attached hydrogen (secondary N) is 1. The Balaban J connectivity index is 1.53. The number of furan rings is 1. The summed E-state index contributed by atoms with van der Waals surface area (Å²) in [6.45, 7) is 4.22. The molecule has 1 amide bonds. The predicted molar refractivity (Wildman–Crippen MR) is 116 cm³/mol. The molecule has 4 rings (SSSR count). The number of hydrogen-bond acceptors (Lipinski definition) is 5. The molecule has 0 spiro atoms. The first-order chi connectivity index (χ1) is 14.5. The van der Waals surface area contributed by atoms with Crippen LogP contribution in [-0.4, -0.2) is 26.4 Å². The van der Waals surface area contributed by atoms with E-state index in [4.69, 9.17) is 16.0 Å². The minimum absolute atomic E-state index is 0.0848. The molecule has 9 heteroatoms. The SMILES string of the molecule is C=CCn1c(SCC(=O)Nc2cccc(F)c2)nnc1-c1cc2cc(Cl)ccc2o1. The number of anilines is 1. The zero-order chi connectivity index (χ0) is 21.1. The van der Waals surface area contributed by atoms with Gasteiger partial charge in [0, 0.05) is 22.6 Å². The van der Waals surface area contributed by atoms with Crippen LogP contribution in [0.5, 0.6) is 0 Å². The molecular weight excluding hydrogens is 427 g/mol. The van der Waals surface area contributed by atoms with Gasteiger partial charge in [0.2, 0.25) is 11.7 Å². The van der Waals surface area contributed by atoms with Crippen molar-refractivity contribution in [1.29, 1.82) is 0 Å². The van der Waals surface area contributed by atoms with Crippen molar-refractivity contribution in [3.8, 4) is 11.6 Å². The van der Waals surface area contributed by atoms with Gasteiger partial charge in [-0.25, -0.2) is 4.39 Å². The Hall–Kier alpha value is -3.10. The van der Waals surface area contributed by atoms with E-state index in [1.165, 1.54) is 30.0 Å². The van der Waals surface area contributed by atoms with Crippen molar-refractivity contribution in [3.05, 3.63) is 72.0 Å². The largest absolute Gasteiger partial charge is 0.453 e. The lowest BCUT2D eigenvalue weighted by molar-refractivity contribution is -0.113. The minimum atomic E-state index is -0.414. The maximum absolute atomic E-state index is 13.3. The summed E-state index contributed by atoms with van der Waals surface area (Å²) in [6.07, 6.45) is 1.71. The zero-order valence-corrected chi connectivity index (χ0v) is 17.2. The second-order valence-corrected chi connectivity index (χ2v) is 7.72. The lowest BCUT2D eigenvalue weighted by atomic mass is 10.2. The van der Waals surface area contributed by atoms with E-state index in [1.807, 2.05) is 16.7 Å². The van der Waals surface area contributed by atoms with Crippen LogP contribution in [0.25, 0.3) is 22.6 Å². The van der Waals surface area contributed by atoms with Crippen molar-refractivity contribution in [1.82, 2.24) is 14.8 Å². The van der Waals surface area contributed by atoms with Gasteiger partial charge in [0.1, 0.15) is 11.4 Å². The van der Waals surface area contributed by atoms with Gasteiger partial charge in [-0.15, -0.1) is 16.8 Å². The summed E-state index contributed by atoms with van der Waals surface area (Å²) in [4.78, 5) is 12.2. The van der Waals surface area contributed by atoms with Crippen LogP contribution in [0, 0.1) is 5.82 Å². The first kappa shape index (κ1) is 20.2. The highest BCUT2D eigenvalue weighted by atomic mass is 35.5. The number of benzene rings is 2. The van der Waals surface area contributed by atoms with Crippen LogP contribution in [-0.2, 0) is 11.3 Å². The van der Waals surface area contributed by atoms with E-state index in [0.29, 0.717) is 39.6 Å². The Bertz CT molecular complexity index is 1240. The minimum Gasteiger partial charge on any atom is -0.453 e. The van der Waals surface area contributed by atoms with E-state index in [2.05, 4.69) is 22.1 Å². The van der Waals surface area contributed by atoms with Crippen LogP contribution >= 0.6 is 23.4 Å². The summed E-state index contributed by atoms with van der Waals surface area (Å²) >= 11 is 7.26. The van der Waals surface area contributed by atoms with Crippen molar-refractivity contribution < 1.29 is 13.6 Å². The topological polar surface area (TPSA) is 73.0 Å². The number of thioether (sulfide) groups is 1. The third-order valence-electron chi connectivity index (χ3n) is 4.17. The number of allylic oxidation sites excluding steroid dienone is 1. The van der Waals surface area contributed by atoms with Crippen LogP contribution in [0.2, 0.25) is 5.02 Å². The molecule has 0 atom stereocenters. The molecule has 0 aliphatic rings. The maximum Gasteiger partial charge on any atom is 0.234 e. The first-order valence-electron chi connectivity index (χ1n) is 8.95. The van der Waals surface area contributed by atoms with Crippen LogP contribution in [0.15, 0.2) is 70.8 Å². The molecule has 0 saturated carbocycles. The molecule has 152 valence electrons. The number of fused-ring (bicyclic) bond motifs is 1. The second kappa shape index (κ2) is 8.73. The van der Waals surface area contributed by atoms with E-state index < -0.39 is 5.82 Å². The van der Waals surface area contributed by atoms with Crippen LogP contribution in [0.4, 0.5) is 10.1 Å². The monoisotopic (exact) mass is 442 g/mol. The van der Waals surface area contributed by atoms with Gasteiger partial charge in [-0.2, -0.15) is 0 Å². The highest BCUT2D eigenvalue weighted by Gasteiger charge is 2.18. The number of hydrogen-bond donors (Lipinski definition) is 1. The van der Waals surface area contributed by atoms with Gasteiger partial charge >= 0.3 is 0 Å². The molecule has 0 saturated heterocycles. The van der Waals surface area contributed by atoms with Gasteiger partial charge < -0.3 is 9.73 Å². The molecule has 0 aliphatic carbocycles. The molecule has 0 unspecified atom stereocenters. The van der Waals surface area contributed by atoms with Gasteiger partial charge in [-0.1, -0.05) is 35.5 Å². The Morgan fingerprint density at radius 1 is 1.27 bits per heavy atom. The van der Waals surface area contributed by atoms with Crippen LogP contribution < -0.4 is 5.32 Å². The number of carbonyl (C=O) groups is 1. The van der Waals surface area contributed by atoms with Gasteiger partial charge in [0.05, 0.1) is 5.75 Å². The van der Waals surface area contributed by atoms with Crippen molar-refractivity contribution >= 4 is 45.9 Å². The molecular formula is C21H16ClFN4O2S. The van der Waals surface area contributed by atoms with E-state index in [0.717, 1.165) is 5.39 Å². The average Bonchev–Trinajstić information content (AvgIpc) is 3.30. The third-order valence-corrected chi connectivity index (χ3v) is 5.37. The Kier molecular flexibility index (Phi) is 5.87. The molecule has 0 aliphatic heterocycles. The van der Waals surface area contributed by atoms with Gasteiger partial charge in [-0.05, 0) is 42.5 Å². The van der Waals surface area contributed by atoms with Crippen LogP contribution in [0.3, 0.4) is 0 Å². The van der Waals surface area contributed by atoms with E-state index >= 15 is 0 Å². The van der Waals surface area contributed by atoms with Crippen molar-refractivity contribution in [2.24, 2.45) is 0 Å². The van der Waals surface area contributed by atoms with Gasteiger partial charge in [0.25, 0.3) is 0 Å². The second-order valence-electron chi connectivity index (χ2n) is 6.35. The van der Waals surface area contributed by atoms with Gasteiger partial charge in [-0.3, -0.25) is 9.36 Å². The summed E-state index contributed by atoms with van der Waals surface area (Å²) in [5.74, 6) is 0.455. The molecule has 4 aromatic rings. The fourth-order valence-corrected chi connectivity index (χ4v) is 3.82. The highest BCUT2D eigenvalue weighted by Crippen LogP contribution is 2.30. The number of amides is 1. The quantitative estimate of drug-likeness (QED) is 0.306. The maximum atomic E-state index is 13.3. The van der Waals surface area contributed by atoms with Crippen LogP contribution in [0.1, 0.15) is 0 Å². The summed E-state index contributed by atoms with van der Waals surface area (Å²) in [5, 5.41) is 13.1. The number of aromatic nitrogens is 3.